The molecule has 57 heavy (non-hydrogen) atoms. The van der Waals surface area contributed by atoms with E-state index in [2.05, 4.69) is 20.9 Å². The predicted molar refractivity (Wildman–Crippen MR) is 216 cm³/mol. The summed E-state index contributed by atoms with van der Waals surface area (Å²) in [6.07, 6.45) is 9.74. The third kappa shape index (κ3) is 15.1. The van der Waals surface area contributed by atoms with Gasteiger partial charge in [0.2, 0.25) is 23.6 Å². The van der Waals surface area contributed by atoms with Crippen molar-refractivity contribution in [3.05, 3.63) is 83.4 Å². The van der Waals surface area contributed by atoms with Crippen LogP contribution in [0.3, 0.4) is 0 Å². The van der Waals surface area contributed by atoms with Crippen LogP contribution in [0.4, 0.5) is 0 Å². The van der Waals surface area contributed by atoms with Crippen LogP contribution in [0.1, 0.15) is 111 Å². The van der Waals surface area contributed by atoms with Gasteiger partial charge in [0, 0.05) is 48.6 Å². The minimum absolute atomic E-state index is 0.116. The third-order valence-electron chi connectivity index (χ3n) is 10.7. The van der Waals surface area contributed by atoms with E-state index in [0.717, 1.165) is 49.8 Å². The van der Waals surface area contributed by atoms with E-state index >= 15 is 0 Å². The number of Topliss-reactive ketones (excluding diaryl/α,β-unsaturated/α-hetero) is 2. The number of amides is 4. The topological polar surface area (TPSA) is 246 Å². The molecule has 2 aromatic rings. The van der Waals surface area contributed by atoms with Gasteiger partial charge >= 0.3 is 0 Å². The molecule has 0 radical (unpaired) electrons. The van der Waals surface area contributed by atoms with Crippen molar-refractivity contribution in [3.8, 4) is 0 Å². The Balaban J connectivity index is 1.62. The molecule has 0 spiro atoms. The van der Waals surface area contributed by atoms with E-state index in [1.807, 2.05) is 6.07 Å². The molecule has 4 rings (SSSR count). The zero-order valence-electron chi connectivity index (χ0n) is 32.6. The Hall–Kier alpha value is -5.66. The molecule has 1 fully saturated rings. The second kappa shape index (κ2) is 22.8. The maximum absolute atomic E-state index is 14.3. The molecule has 1 aliphatic heterocycles. The van der Waals surface area contributed by atoms with Gasteiger partial charge in [-0.25, -0.2) is 0 Å². The molecular formula is C43H57N7O7. The maximum Gasteiger partial charge on any atom is 0.244 e. The van der Waals surface area contributed by atoms with Gasteiger partial charge in [-0.05, 0) is 50.0 Å². The van der Waals surface area contributed by atoms with Crippen molar-refractivity contribution >= 4 is 46.9 Å². The van der Waals surface area contributed by atoms with E-state index in [1.165, 1.54) is 0 Å². The number of hydrogen-bond donors (Lipinski definition) is 6. The van der Waals surface area contributed by atoms with Crippen molar-refractivity contribution in [1.82, 2.24) is 16.0 Å². The highest BCUT2D eigenvalue weighted by Gasteiger charge is 2.32. The van der Waals surface area contributed by atoms with Gasteiger partial charge in [-0.1, -0.05) is 99.5 Å². The summed E-state index contributed by atoms with van der Waals surface area (Å²) in [6.45, 7) is 0.200. The van der Waals surface area contributed by atoms with Gasteiger partial charge in [-0.15, -0.1) is 0 Å². The number of nitrogens with one attached hydrogen (secondary N) is 3. The van der Waals surface area contributed by atoms with E-state index in [-0.39, 0.29) is 67.9 Å². The zero-order valence-corrected chi connectivity index (χ0v) is 32.6. The van der Waals surface area contributed by atoms with Crippen molar-refractivity contribution in [3.63, 3.8) is 0 Å². The summed E-state index contributed by atoms with van der Waals surface area (Å²) in [7, 11) is 0. The van der Waals surface area contributed by atoms with E-state index in [1.54, 1.807) is 48.5 Å². The first-order chi connectivity index (χ1) is 27.4. The Morgan fingerprint density at radius 3 is 1.98 bits per heavy atom. The number of carbonyl (C=O) groups is 7. The molecule has 9 N–H and O–H groups in total. The van der Waals surface area contributed by atoms with Gasteiger partial charge < -0.3 is 33.2 Å². The zero-order chi connectivity index (χ0) is 41.2. The molecule has 14 heteroatoms. The minimum Gasteiger partial charge on any atom is -0.370 e. The fraction of sp³-hybridized carbons (Fsp3) is 0.488. The molecule has 2 unspecified atom stereocenters. The highest BCUT2D eigenvalue weighted by atomic mass is 16.2. The second-order valence-electron chi connectivity index (χ2n) is 15.1. The Kier molecular flexibility index (Phi) is 17.6. The first-order valence-corrected chi connectivity index (χ1v) is 20.1. The summed E-state index contributed by atoms with van der Waals surface area (Å²) < 4.78 is 0. The van der Waals surface area contributed by atoms with Gasteiger partial charge in [0.1, 0.15) is 6.04 Å². The van der Waals surface area contributed by atoms with Crippen LogP contribution >= 0.6 is 0 Å². The maximum atomic E-state index is 14.3. The lowest BCUT2D eigenvalue weighted by atomic mass is 9.80. The Morgan fingerprint density at radius 1 is 0.684 bits per heavy atom. The third-order valence-corrected chi connectivity index (χ3v) is 10.7. The molecule has 306 valence electrons. The first kappa shape index (κ1) is 44.1. The predicted octanol–water partition coefficient (Wildman–Crippen LogP) is 3.09. The standard InChI is InChI=1S/C43H57N7O7/c44-41(56)34-15-8-3-9-17-36(51)35(26-29-18-20-31(21-19-29)40(55)30-13-6-2-7-14-30)50-42(57)32(25-28-11-4-1-5-12-28)27-37(52)33(16-10-24-47-43(45)46)48-38(53)22-23-39(54)49-34/h2,6-7,13-14,18-23,28,32-35H,1,3-5,8-12,15-17,24-27H2,(H2,44,56)(H,48,53)(H,49,54)(H,50,57)(H4,45,46,47)/b23-22+/t32-,33+,34?,35?/m1/s1. The van der Waals surface area contributed by atoms with Gasteiger partial charge in [0.15, 0.2) is 23.3 Å². The highest BCUT2D eigenvalue weighted by Crippen LogP contribution is 2.31. The van der Waals surface area contributed by atoms with Crippen LogP contribution in [0, 0.1) is 11.8 Å². The summed E-state index contributed by atoms with van der Waals surface area (Å²) in [5, 5.41) is 8.21. The number of benzene rings is 2. The number of carbonyl (C=O) groups excluding carboxylic acids is 7. The summed E-state index contributed by atoms with van der Waals surface area (Å²) in [5.41, 5.74) is 18.3. The number of rotatable bonds is 11. The minimum atomic E-state index is -1.03. The normalized spacial score (nSPS) is 23.0. The van der Waals surface area contributed by atoms with Crippen LogP contribution in [0.5, 0.6) is 0 Å². The number of guanidine groups is 1. The van der Waals surface area contributed by atoms with Crippen molar-refractivity contribution in [2.75, 3.05) is 6.54 Å². The first-order valence-electron chi connectivity index (χ1n) is 20.1. The number of ketones is 3. The van der Waals surface area contributed by atoms with E-state index in [4.69, 9.17) is 17.2 Å². The molecule has 4 atom stereocenters. The van der Waals surface area contributed by atoms with Crippen LogP contribution in [0.25, 0.3) is 0 Å². The monoisotopic (exact) mass is 783 g/mol. The molecular weight excluding hydrogens is 727 g/mol. The number of primary amides is 1. The average molecular weight is 784 g/mol. The molecule has 0 aromatic heterocycles. The highest BCUT2D eigenvalue weighted by molar-refractivity contribution is 6.09. The van der Waals surface area contributed by atoms with Gasteiger partial charge in [0.05, 0.1) is 12.1 Å². The van der Waals surface area contributed by atoms with Crippen molar-refractivity contribution < 1.29 is 33.6 Å². The SMILES string of the molecule is NC(=O)C1CCCCCC(=O)C(Cc2ccc(C(=O)c3ccccc3)cc2)NC(=O)[C@H](CC2CCCCC2)CC(=O)[C@H](CCCN=C(N)N)NC(=O)/C=C/C(=O)N1. The van der Waals surface area contributed by atoms with Crippen molar-refractivity contribution in [2.24, 2.45) is 34.0 Å². The lowest BCUT2D eigenvalue weighted by molar-refractivity contribution is -0.134. The summed E-state index contributed by atoms with van der Waals surface area (Å²) in [4.78, 5) is 97.1. The largest absolute Gasteiger partial charge is 0.370 e. The Labute approximate surface area is 334 Å². The molecule has 4 amide bonds. The number of aliphatic imine (C=N–C) groups is 1. The number of nitrogens with zero attached hydrogens (tertiary/aromatic N) is 1. The lowest BCUT2D eigenvalue weighted by Gasteiger charge is -2.28. The lowest BCUT2D eigenvalue weighted by Crippen LogP contribution is -2.47. The number of nitrogens with two attached hydrogens (primary N) is 3. The summed E-state index contributed by atoms with van der Waals surface area (Å²) in [5.74, 6) is -3.96. The molecule has 1 saturated carbocycles. The van der Waals surface area contributed by atoms with Crippen molar-refractivity contribution in [2.45, 2.75) is 114 Å². The van der Waals surface area contributed by atoms with Crippen LogP contribution in [0.15, 0.2) is 71.7 Å². The Morgan fingerprint density at radius 2 is 1.32 bits per heavy atom. The van der Waals surface area contributed by atoms with E-state index < -0.39 is 47.7 Å². The van der Waals surface area contributed by atoms with Gasteiger partial charge in [0.25, 0.3) is 0 Å². The fourth-order valence-corrected chi connectivity index (χ4v) is 7.50. The quantitative estimate of drug-likeness (QED) is 0.0847. The van der Waals surface area contributed by atoms with Crippen molar-refractivity contribution in [1.29, 1.82) is 0 Å². The summed E-state index contributed by atoms with van der Waals surface area (Å²) in [6, 6.07) is 12.9. The molecule has 2 aromatic carbocycles. The number of hydrogen-bond acceptors (Lipinski definition) is 8. The van der Waals surface area contributed by atoms with Crippen LogP contribution in [-0.2, 0) is 35.2 Å². The molecule has 2 aliphatic rings. The smallest absolute Gasteiger partial charge is 0.244 e. The molecule has 1 aliphatic carbocycles. The second-order valence-corrected chi connectivity index (χ2v) is 15.1. The molecule has 1 heterocycles. The van der Waals surface area contributed by atoms with E-state index in [0.29, 0.717) is 43.2 Å². The van der Waals surface area contributed by atoms with Crippen LogP contribution in [0.2, 0.25) is 0 Å². The van der Waals surface area contributed by atoms with E-state index in [9.17, 15) is 33.6 Å². The molecule has 14 nitrogen and oxygen atoms in total. The summed E-state index contributed by atoms with van der Waals surface area (Å²) >= 11 is 0. The van der Waals surface area contributed by atoms with Gasteiger partial charge in [-0.2, -0.15) is 0 Å². The Bertz CT molecular complexity index is 1770. The van der Waals surface area contributed by atoms with Crippen LogP contribution in [-0.4, -0.2) is 71.6 Å². The van der Waals surface area contributed by atoms with Gasteiger partial charge in [-0.3, -0.25) is 38.6 Å². The molecule has 0 saturated heterocycles. The molecule has 0 bridgehead atoms. The fourth-order valence-electron chi connectivity index (χ4n) is 7.50. The van der Waals surface area contributed by atoms with Crippen LogP contribution < -0.4 is 33.2 Å². The average Bonchev–Trinajstić information content (AvgIpc) is 3.20.